The minimum absolute atomic E-state index is 0.102. The minimum atomic E-state index is 0.102. The smallest absolute Gasteiger partial charge is 0.162 e. The van der Waals surface area contributed by atoms with E-state index in [1.807, 2.05) is 48.5 Å². The molecule has 16 heavy (non-hydrogen) atoms. The van der Waals surface area contributed by atoms with E-state index in [0.29, 0.717) is 10.8 Å². The summed E-state index contributed by atoms with van der Waals surface area (Å²) in [4.78, 5) is 0. The van der Waals surface area contributed by atoms with Gasteiger partial charge in [0, 0.05) is 0 Å². The van der Waals surface area contributed by atoms with E-state index >= 15 is 0 Å². The van der Waals surface area contributed by atoms with Crippen molar-refractivity contribution in [2.24, 2.45) is 0 Å². The average molecular weight is 253 g/mol. The van der Waals surface area contributed by atoms with Gasteiger partial charge in [-0.05, 0) is 23.3 Å². The second kappa shape index (κ2) is 5.24. The number of hydrogen-bond acceptors (Lipinski definition) is 1. The first kappa shape index (κ1) is 11.3. The molecule has 82 valence electrons. The molecule has 1 nitrogen and oxygen atoms in total. The van der Waals surface area contributed by atoms with Crippen LogP contribution in [0.5, 0.6) is 5.75 Å². The van der Waals surface area contributed by atoms with Crippen LogP contribution in [0.3, 0.4) is 0 Å². The number of ether oxygens (including phenoxy) is 1. The zero-order valence-corrected chi connectivity index (χ0v) is 10.0. The summed E-state index contributed by atoms with van der Waals surface area (Å²) in [6.07, 6.45) is 0. The Morgan fingerprint density at radius 2 is 1.69 bits per heavy atom. The summed E-state index contributed by atoms with van der Waals surface area (Å²) in [7, 11) is 0. The van der Waals surface area contributed by atoms with Crippen molar-refractivity contribution in [3.8, 4) is 16.9 Å². The highest BCUT2D eigenvalue weighted by atomic mass is 35.5. The first-order valence-electron chi connectivity index (χ1n) is 4.85. The van der Waals surface area contributed by atoms with Crippen LogP contribution in [-0.4, -0.2) is 6.07 Å². The van der Waals surface area contributed by atoms with Crippen LogP contribution in [0.2, 0.25) is 5.02 Å². The number of rotatable bonds is 3. The van der Waals surface area contributed by atoms with Crippen molar-refractivity contribution >= 4 is 23.2 Å². The fourth-order valence-electron chi connectivity index (χ4n) is 1.49. The summed E-state index contributed by atoms with van der Waals surface area (Å²) in [5, 5.41) is 0.571. The molecule has 0 aliphatic carbocycles. The molecule has 0 aromatic heterocycles. The number of hydrogen-bond donors (Lipinski definition) is 0. The Labute approximate surface area is 105 Å². The maximum Gasteiger partial charge on any atom is 0.162 e. The van der Waals surface area contributed by atoms with E-state index in [4.69, 9.17) is 27.9 Å². The molecule has 0 aliphatic heterocycles. The van der Waals surface area contributed by atoms with Crippen molar-refractivity contribution in [3.63, 3.8) is 0 Å². The van der Waals surface area contributed by atoms with E-state index < -0.39 is 0 Å². The van der Waals surface area contributed by atoms with Crippen LogP contribution >= 0.6 is 23.2 Å². The van der Waals surface area contributed by atoms with Crippen LogP contribution in [0, 0.1) is 0 Å². The third-order valence-electron chi connectivity index (χ3n) is 2.25. The fraction of sp³-hybridized carbons (Fsp3) is 0.0769. The monoisotopic (exact) mass is 252 g/mol. The van der Waals surface area contributed by atoms with Gasteiger partial charge in [-0.2, -0.15) is 0 Å². The third kappa shape index (κ3) is 2.49. The molecule has 0 atom stereocenters. The minimum Gasteiger partial charge on any atom is -0.476 e. The van der Waals surface area contributed by atoms with E-state index in [-0.39, 0.29) is 6.07 Å². The standard InChI is InChI=1S/C13H10Cl2O/c14-9-16-13-7-6-11(8-12(13)15)10-4-2-1-3-5-10/h1-8H,9H2. The lowest BCUT2D eigenvalue weighted by Crippen LogP contribution is -1.90. The van der Waals surface area contributed by atoms with Gasteiger partial charge >= 0.3 is 0 Å². The van der Waals surface area contributed by atoms with Gasteiger partial charge in [-0.3, -0.25) is 0 Å². The molecule has 0 radical (unpaired) electrons. The van der Waals surface area contributed by atoms with Gasteiger partial charge in [-0.1, -0.05) is 59.6 Å². The molecule has 0 amide bonds. The molecule has 0 unspecified atom stereocenters. The number of benzene rings is 2. The van der Waals surface area contributed by atoms with E-state index in [2.05, 4.69) is 0 Å². The molecule has 0 heterocycles. The van der Waals surface area contributed by atoms with Gasteiger partial charge in [0.25, 0.3) is 0 Å². The highest BCUT2D eigenvalue weighted by Crippen LogP contribution is 2.30. The maximum absolute atomic E-state index is 6.07. The number of halogens is 2. The lowest BCUT2D eigenvalue weighted by atomic mass is 10.1. The van der Waals surface area contributed by atoms with Crippen LogP contribution in [0.15, 0.2) is 48.5 Å². The Morgan fingerprint density at radius 1 is 0.938 bits per heavy atom. The second-order valence-electron chi connectivity index (χ2n) is 3.26. The molecule has 0 fully saturated rings. The average Bonchev–Trinajstić information content (AvgIpc) is 2.33. The van der Waals surface area contributed by atoms with E-state index in [1.54, 1.807) is 0 Å². The van der Waals surface area contributed by atoms with Crippen LogP contribution in [0.4, 0.5) is 0 Å². The third-order valence-corrected chi connectivity index (χ3v) is 2.65. The quantitative estimate of drug-likeness (QED) is 0.727. The Kier molecular flexibility index (Phi) is 3.70. The molecule has 0 spiro atoms. The Hall–Kier alpha value is -1.18. The summed E-state index contributed by atoms with van der Waals surface area (Å²) >= 11 is 11.6. The number of alkyl halides is 1. The Morgan fingerprint density at radius 3 is 2.31 bits per heavy atom. The molecule has 0 saturated heterocycles. The van der Waals surface area contributed by atoms with Crippen LogP contribution in [0.1, 0.15) is 0 Å². The fourth-order valence-corrected chi connectivity index (χ4v) is 1.84. The van der Waals surface area contributed by atoms with Gasteiger partial charge in [0.2, 0.25) is 0 Å². The van der Waals surface area contributed by atoms with E-state index in [9.17, 15) is 0 Å². The van der Waals surface area contributed by atoms with Gasteiger partial charge in [0.15, 0.2) is 6.07 Å². The van der Waals surface area contributed by atoms with Crippen LogP contribution < -0.4 is 4.74 Å². The lowest BCUT2D eigenvalue weighted by molar-refractivity contribution is 0.388. The Balaban J connectivity index is 2.35. The van der Waals surface area contributed by atoms with Gasteiger partial charge in [-0.15, -0.1) is 0 Å². The summed E-state index contributed by atoms with van der Waals surface area (Å²) in [5.74, 6) is 0.608. The molecule has 0 saturated carbocycles. The SMILES string of the molecule is ClCOc1ccc(-c2ccccc2)cc1Cl. The second-order valence-corrected chi connectivity index (χ2v) is 3.89. The first-order valence-corrected chi connectivity index (χ1v) is 5.76. The molecular weight excluding hydrogens is 243 g/mol. The molecule has 2 rings (SSSR count). The van der Waals surface area contributed by atoms with Crippen molar-refractivity contribution in [1.29, 1.82) is 0 Å². The first-order chi connectivity index (χ1) is 7.81. The zero-order valence-electron chi connectivity index (χ0n) is 8.49. The summed E-state index contributed by atoms with van der Waals surface area (Å²) in [5.41, 5.74) is 2.19. The summed E-state index contributed by atoms with van der Waals surface area (Å²) in [6.45, 7) is 0. The van der Waals surface area contributed by atoms with Crippen molar-refractivity contribution < 1.29 is 4.74 Å². The maximum atomic E-state index is 6.07. The topological polar surface area (TPSA) is 9.23 Å². The predicted molar refractivity (Wildman–Crippen MR) is 68.2 cm³/mol. The van der Waals surface area contributed by atoms with Crippen molar-refractivity contribution in [1.82, 2.24) is 0 Å². The van der Waals surface area contributed by atoms with Crippen molar-refractivity contribution in [3.05, 3.63) is 53.6 Å². The molecule has 0 bridgehead atoms. The summed E-state index contributed by atoms with van der Waals surface area (Å²) in [6, 6.07) is 15.8. The highest BCUT2D eigenvalue weighted by Gasteiger charge is 2.03. The molecule has 3 heteroatoms. The van der Waals surface area contributed by atoms with Crippen molar-refractivity contribution in [2.45, 2.75) is 0 Å². The zero-order chi connectivity index (χ0) is 11.4. The summed E-state index contributed by atoms with van der Waals surface area (Å²) < 4.78 is 5.16. The van der Waals surface area contributed by atoms with Crippen molar-refractivity contribution in [2.75, 3.05) is 6.07 Å². The molecule has 0 N–H and O–H groups in total. The van der Waals surface area contributed by atoms with Crippen LogP contribution in [-0.2, 0) is 0 Å². The van der Waals surface area contributed by atoms with E-state index in [0.717, 1.165) is 11.1 Å². The lowest BCUT2D eigenvalue weighted by Gasteiger charge is -2.07. The van der Waals surface area contributed by atoms with Gasteiger partial charge in [0.05, 0.1) is 5.02 Å². The largest absolute Gasteiger partial charge is 0.476 e. The molecule has 2 aromatic rings. The molecular formula is C13H10Cl2O. The van der Waals surface area contributed by atoms with Gasteiger partial charge in [-0.25, -0.2) is 0 Å². The molecule has 2 aromatic carbocycles. The predicted octanol–water partition coefficient (Wildman–Crippen LogP) is 4.58. The highest BCUT2D eigenvalue weighted by molar-refractivity contribution is 6.32. The van der Waals surface area contributed by atoms with Gasteiger partial charge < -0.3 is 4.74 Å². The van der Waals surface area contributed by atoms with Crippen LogP contribution in [0.25, 0.3) is 11.1 Å². The molecule has 0 aliphatic rings. The normalized spacial score (nSPS) is 10.1. The van der Waals surface area contributed by atoms with Gasteiger partial charge in [0.1, 0.15) is 5.75 Å². The van der Waals surface area contributed by atoms with E-state index in [1.165, 1.54) is 0 Å². The Bertz CT molecular complexity index is 469.